The van der Waals surface area contributed by atoms with Crippen molar-refractivity contribution in [2.75, 3.05) is 35.7 Å². The number of benzene rings is 5. The van der Waals surface area contributed by atoms with Crippen LogP contribution in [0, 0.1) is 42.2 Å². The van der Waals surface area contributed by atoms with Gasteiger partial charge < -0.3 is 60.2 Å². The number of allylic oxidation sites excluding steroid dienone is 2. The molecular weight excluding hydrogens is 1100 g/mol. The molecule has 5 aliphatic heterocycles. The molecule has 7 N–H and O–H groups in total. The van der Waals surface area contributed by atoms with E-state index in [1.165, 1.54) is 95.7 Å². The number of phenols is 2. The van der Waals surface area contributed by atoms with Crippen molar-refractivity contribution in [1.29, 1.82) is 0 Å². The van der Waals surface area contributed by atoms with Gasteiger partial charge in [-0.05, 0) is 55.8 Å². The lowest BCUT2D eigenvalue weighted by Gasteiger charge is -2.39. The van der Waals surface area contributed by atoms with Gasteiger partial charge in [0.15, 0.2) is 5.75 Å². The minimum atomic E-state index is -2.60. The van der Waals surface area contributed by atoms with Gasteiger partial charge in [-0.1, -0.05) is 88.4 Å². The molecule has 85 heavy (non-hydrogen) atoms. The van der Waals surface area contributed by atoms with Crippen LogP contribution >= 0.6 is 0 Å². The first-order valence-electron chi connectivity index (χ1n) is 28.9. The van der Waals surface area contributed by atoms with E-state index in [1.54, 1.807) is 58.0 Å². The lowest BCUT2D eigenvalue weighted by atomic mass is 9.78. The molecule has 0 aliphatic carbocycles. The van der Waals surface area contributed by atoms with E-state index in [-0.39, 0.29) is 86.8 Å². The normalized spacial score (nSPS) is 26.1. The van der Waals surface area contributed by atoms with E-state index in [9.17, 15) is 44.0 Å². The standard InChI is InChI=1S/C64H70F2N6O13/c1-32-16-15-17-33(2)60(79)69-52-51-50(47-48(56(52)77)55(76)37(6)58-49(47)59(78)63(8,85-58)83-29-24-46(82-9)34(3)57(84-38(7)73)36(5)54(75)35(4)53(32)74)70-64(71-51)25-27-72(28-26-64)45-23-22-40(65)31-43(45)67-62(81)44(30-39-18-11-10-12-19-39)68-61(80)41-20-13-14-21-42(41)66/h10-24,29,31-32,34-36,44,46,53-54,57,70,74-77H,25-28,30H2,1-9H3,(H,67,81)(H,68,80)/b16-15?,29-24+,33-17?,69-52?/t32-,34+,35+,36+,44?,46-,53-,54+,57+,63+/m0/s1/i30D2. The number of ether oxygens (including phenoxy) is 4. The number of ketones is 1. The number of nitrogens with zero attached hydrogens (tertiary/aromatic N) is 3. The van der Waals surface area contributed by atoms with Crippen LogP contribution < -0.4 is 36.3 Å². The maximum Gasteiger partial charge on any atom is 0.312 e. The lowest BCUT2D eigenvalue weighted by molar-refractivity contribution is -0.160. The minimum absolute atomic E-state index is 0.0135. The number of hydrogen-bond acceptors (Lipinski definition) is 16. The average Bonchev–Trinajstić information content (AvgIpc) is 1.59. The number of aliphatic hydroxyl groups is 2. The van der Waals surface area contributed by atoms with Gasteiger partial charge >= 0.3 is 11.8 Å². The number of fused-ring (bicyclic) bond motifs is 13. The summed E-state index contributed by atoms with van der Waals surface area (Å²) < 4.78 is 72.6. The molecule has 5 aromatic carbocycles. The molecule has 1 unspecified atom stereocenters. The molecule has 0 saturated carbocycles. The van der Waals surface area contributed by atoms with Crippen LogP contribution in [0.25, 0.3) is 10.8 Å². The Morgan fingerprint density at radius 3 is 2.28 bits per heavy atom. The van der Waals surface area contributed by atoms with Gasteiger partial charge in [-0.2, -0.15) is 0 Å². The maximum absolute atomic E-state index is 15.3. The zero-order valence-corrected chi connectivity index (χ0v) is 48.4. The molecule has 1 spiro atoms. The number of carbonyl (C=O) groups excluding carboxylic acids is 5. The number of rotatable bonds is 9. The van der Waals surface area contributed by atoms with Crippen LogP contribution in [0.1, 0.15) is 95.9 Å². The summed E-state index contributed by atoms with van der Waals surface area (Å²) in [6, 6.07) is 14.2. The third-order valence-corrected chi connectivity index (χ3v) is 16.5. The molecule has 1 fully saturated rings. The highest BCUT2D eigenvalue weighted by molar-refractivity contribution is 6.22. The van der Waals surface area contributed by atoms with Gasteiger partial charge in [0.2, 0.25) is 5.91 Å². The number of amides is 3. The Hall–Kier alpha value is -8.53. The number of phenolic OH excluding ortho intramolecular Hbond substituents is 2. The SMILES string of the molecule is [2H]C([2H])(c1ccccc1)C(NC(=O)c1ccccc1F)C(=O)Nc1cc(F)ccc1N1CCC2(CC1)N=c1c(c3c4c5c(C)c(O)c3c(O)c1=NC(=O)C(C)=CC=C[C@H](C)[C@H](O)[C@@H](C)[C@@H](O)[C@@H](C)[C@H](OC(C)=O)[C@H](C)[C@@H](OC)/C=C/O[C@](C)(O5)C4=O)N2. The Labute approximate surface area is 492 Å². The van der Waals surface area contributed by atoms with Gasteiger partial charge in [0.1, 0.15) is 51.7 Å². The van der Waals surface area contributed by atoms with E-state index in [0.717, 1.165) is 12.1 Å². The third kappa shape index (κ3) is 12.1. The van der Waals surface area contributed by atoms with Crippen molar-refractivity contribution in [3.05, 3.63) is 154 Å². The van der Waals surface area contributed by atoms with Crippen LogP contribution in [-0.2, 0) is 35.0 Å². The number of aromatic hydroxyl groups is 2. The number of anilines is 3. The van der Waals surface area contributed by atoms with Crippen molar-refractivity contribution in [3.63, 3.8) is 0 Å². The number of carbonyl (C=O) groups is 5. The Balaban J connectivity index is 1.10. The smallest absolute Gasteiger partial charge is 0.312 e. The summed E-state index contributed by atoms with van der Waals surface area (Å²) >= 11 is 0. The summed E-state index contributed by atoms with van der Waals surface area (Å²) in [5.74, 6) is -12.2. The number of Topliss-reactive ketones (excluding diaryl/α,β-unsaturated/α-hetero) is 1. The Morgan fingerprint density at radius 1 is 0.906 bits per heavy atom. The molecule has 0 aromatic heterocycles. The molecule has 1 saturated heterocycles. The molecule has 10 atom stereocenters. The second-order valence-electron chi connectivity index (χ2n) is 22.3. The third-order valence-electron chi connectivity index (χ3n) is 16.5. The van der Waals surface area contributed by atoms with Crippen molar-refractivity contribution in [3.8, 4) is 17.2 Å². The zero-order valence-electron chi connectivity index (χ0n) is 50.4. The van der Waals surface area contributed by atoms with Gasteiger partial charge in [0.05, 0.1) is 58.1 Å². The zero-order chi connectivity index (χ0) is 63.2. The second-order valence-corrected chi connectivity index (χ2v) is 22.3. The topological polar surface area (TPSA) is 267 Å². The largest absolute Gasteiger partial charge is 0.507 e. The molecule has 5 aliphatic rings. The summed E-state index contributed by atoms with van der Waals surface area (Å²) in [6.45, 7) is 12.6. The van der Waals surface area contributed by atoms with Crippen molar-refractivity contribution >= 4 is 57.3 Å². The number of esters is 1. The number of halogens is 2. The molecule has 5 heterocycles. The number of hydrogen-bond donors (Lipinski definition) is 7. The first kappa shape index (κ1) is 58.3. The quantitative estimate of drug-likeness (QED) is 0.0555. The molecule has 448 valence electrons. The van der Waals surface area contributed by atoms with Crippen LogP contribution in [0.15, 0.2) is 119 Å². The first-order valence-corrected chi connectivity index (χ1v) is 27.9. The Kier molecular flexibility index (Phi) is 16.9. The molecule has 21 heteroatoms. The molecule has 19 nitrogen and oxygen atoms in total. The average molecular weight is 1170 g/mol. The van der Waals surface area contributed by atoms with Crippen LogP contribution in [-0.4, -0.2) is 112 Å². The fourth-order valence-corrected chi connectivity index (χ4v) is 11.5. The summed E-state index contributed by atoms with van der Waals surface area (Å²) in [4.78, 5) is 81.3. The van der Waals surface area contributed by atoms with E-state index in [1.807, 2.05) is 4.90 Å². The summed E-state index contributed by atoms with van der Waals surface area (Å²) in [5.41, 5.74) is -1.41. The number of nitrogens with one attached hydrogen (secondary N) is 3. The van der Waals surface area contributed by atoms with Gasteiger partial charge in [0, 0.05) is 96.2 Å². The van der Waals surface area contributed by atoms with Crippen molar-refractivity contribution in [1.82, 2.24) is 5.32 Å². The van der Waals surface area contributed by atoms with Crippen LogP contribution in [0.3, 0.4) is 0 Å². The predicted octanol–water partition coefficient (Wildman–Crippen LogP) is 7.56. The monoisotopic (exact) mass is 1170 g/mol. The van der Waals surface area contributed by atoms with Gasteiger partial charge in [-0.25, -0.2) is 13.8 Å². The highest BCUT2D eigenvalue weighted by atomic mass is 19.1. The van der Waals surface area contributed by atoms with E-state index in [0.29, 0.717) is 5.69 Å². The first-order chi connectivity index (χ1) is 41.1. The highest BCUT2D eigenvalue weighted by Gasteiger charge is 2.51. The predicted molar refractivity (Wildman–Crippen MR) is 311 cm³/mol. The van der Waals surface area contributed by atoms with Gasteiger partial charge in [0.25, 0.3) is 17.6 Å². The van der Waals surface area contributed by atoms with Crippen LogP contribution in [0.5, 0.6) is 17.2 Å². The highest BCUT2D eigenvalue weighted by Crippen LogP contribution is 2.51. The molecule has 0 radical (unpaired) electrons. The summed E-state index contributed by atoms with van der Waals surface area (Å²) in [5, 5.41) is 55.5. The van der Waals surface area contributed by atoms with E-state index in [2.05, 4.69) is 20.9 Å². The lowest BCUT2D eigenvalue weighted by Crippen LogP contribution is -2.47. The molecular formula is C64H70F2N6O13. The van der Waals surface area contributed by atoms with E-state index in [4.69, 9.17) is 26.7 Å². The summed E-state index contributed by atoms with van der Waals surface area (Å²) in [7, 11) is 1.42. The Morgan fingerprint density at radius 2 is 1.60 bits per heavy atom. The van der Waals surface area contributed by atoms with Gasteiger partial charge in [-0.15, -0.1) is 0 Å². The Bertz CT molecular complexity index is 3800. The molecule has 3 amide bonds. The van der Waals surface area contributed by atoms with Crippen LogP contribution in [0.4, 0.5) is 25.8 Å². The van der Waals surface area contributed by atoms with Crippen molar-refractivity contribution < 1.29 is 74.9 Å². The van der Waals surface area contributed by atoms with E-state index < -0.39 is 130 Å². The van der Waals surface area contributed by atoms with Gasteiger partial charge in [-0.3, -0.25) is 29.0 Å². The molecule has 5 bridgehead atoms. The summed E-state index contributed by atoms with van der Waals surface area (Å²) in [6.07, 6.45) is 0.825. The maximum atomic E-state index is 15.3. The molecule has 5 aromatic rings. The molecule has 10 rings (SSSR count). The second kappa shape index (κ2) is 24.6. The fourth-order valence-electron chi connectivity index (χ4n) is 11.5. The number of piperidine rings is 1. The minimum Gasteiger partial charge on any atom is -0.507 e. The number of aliphatic hydroxyl groups excluding tert-OH is 2. The fraction of sp³-hybridized carbons (Fsp3) is 0.391. The van der Waals surface area contributed by atoms with Crippen molar-refractivity contribution in [2.45, 2.75) is 117 Å². The van der Waals surface area contributed by atoms with E-state index >= 15 is 9.18 Å². The number of methoxy groups -OCH3 is 1. The van der Waals surface area contributed by atoms with Crippen molar-refractivity contribution in [2.24, 2.45) is 33.7 Å². The van der Waals surface area contributed by atoms with Crippen LogP contribution in [0.2, 0.25) is 0 Å².